The van der Waals surface area contributed by atoms with E-state index in [1.807, 2.05) is 4.90 Å². The Labute approximate surface area is 159 Å². The number of piperidine rings is 1. The zero-order valence-electron chi connectivity index (χ0n) is 15.2. The zero-order valence-corrected chi connectivity index (χ0v) is 15.2. The van der Waals surface area contributed by atoms with E-state index in [4.69, 9.17) is 5.73 Å². The number of aromatic nitrogens is 5. The molecule has 2 atom stereocenters. The highest BCUT2D eigenvalue weighted by Gasteiger charge is 2.29. The lowest BCUT2D eigenvalue weighted by Crippen LogP contribution is -2.46. The number of fused-ring (bicyclic) bond motifs is 1. The van der Waals surface area contributed by atoms with Crippen LogP contribution in [0.5, 0.6) is 0 Å². The number of primary amides is 1. The third kappa shape index (κ3) is 3.25. The summed E-state index contributed by atoms with van der Waals surface area (Å²) in [6.45, 7) is 2.55. The number of rotatable bonds is 4. The lowest BCUT2D eigenvalue weighted by atomic mass is 9.93. The van der Waals surface area contributed by atoms with Crippen molar-refractivity contribution in [2.75, 3.05) is 11.4 Å². The molecule has 4 heterocycles. The average molecular weight is 387 g/mol. The fraction of sp³-hybridized carbons (Fsp3) is 0.389. The first-order chi connectivity index (χ1) is 13.4. The number of carbonyl (C=O) groups excluding carboxylic acids is 1. The molecule has 0 saturated carbocycles. The van der Waals surface area contributed by atoms with Crippen LogP contribution in [0.4, 0.5) is 14.6 Å². The van der Waals surface area contributed by atoms with E-state index >= 15 is 0 Å². The molecule has 1 saturated heterocycles. The highest BCUT2D eigenvalue weighted by Crippen LogP contribution is 2.28. The van der Waals surface area contributed by atoms with Gasteiger partial charge in [0.1, 0.15) is 17.2 Å². The van der Waals surface area contributed by atoms with Gasteiger partial charge in [0.15, 0.2) is 11.5 Å². The number of anilines is 1. The fourth-order valence-corrected chi connectivity index (χ4v) is 3.47. The molecule has 1 aliphatic heterocycles. The van der Waals surface area contributed by atoms with Gasteiger partial charge in [0.2, 0.25) is 5.91 Å². The van der Waals surface area contributed by atoms with Crippen molar-refractivity contribution in [3.8, 4) is 11.5 Å². The van der Waals surface area contributed by atoms with Gasteiger partial charge in [-0.1, -0.05) is 0 Å². The Bertz CT molecular complexity index is 1020. The van der Waals surface area contributed by atoms with Crippen LogP contribution in [0.15, 0.2) is 30.9 Å². The van der Waals surface area contributed by atoms with Gasteiger partial charge in [-0.15, -0.1) is 0 Å². The van der Waals surface area contributed by atoms with E-state index in [0.29, 0.717) is 29.5 Å². The van der Waals surface area contributed by atoms with Crippen LogP contribution in [0.3, 0.4) is 0 Å². The van der Waals surface area contributed by atoms with Crippen LogP contribution >= 0.6 is 0 Å². The van der Waals surface area contributed by atoms with Crippen molar-refractivity contribution in [1.82, 2.24) is 24.3 Å². The molecule has 4 rings (SSSR count). The second-order valence-electron chi connectivity index (χ2n) is 6.90. The lowest BCUT2D eigenvalue weighted by Gasteiger charge is -2.37. The minimum Gasteiger partial charge on any atom is -0.369 e. The molecular formula is C18H19F2N7O. The molecule has 2 unspecified atom stereocenters. The summed E-state index contributed by atoms with van der Waals surface area (Å²) in [6, 6.07) is 1.95. The number of nitrogens with two attached hydrogens (primary N) is 1. The van der Waals surface area contributed by atoms with Crippen LogP contribution in [0, 0.1) is 5.92 Å². The van der Waals surface area contributed by atoms with Gasteiger partial charge in [0.25, 0.3) is 6.43 Å². The maximum Gasteiger partial charge on any atom is 0.281 e. The molecule has 2 N–H and O–H groups in total. The SMILES string of the molecule is CC1CCC(C(N)=O)CN1c1ccnc(-c2cnc3cnc(C(F)F)cn23)n1. The van der Waals surface area contributed by atoms with Crippen LogP contribution in [0.25, 0.3) is 17.2 Å². The summed E-state index contributed by atoms with van der Waals surface area (Å²) in [6.07, 6.45) is 4.55. The van der Waals surface area contributed by atoms with Gasteiger partial charge >= 0.3 is 0 Å². The van der Waals surface area contributed by atoms with E-state index < -0.39 is 6.43 Å². The van der Waals surface area contributed by atoms with Gasteiger partial charge in [-0.2, -0.15) is 0 Å². The third-order valence-electron chi connectivity index (χ3n) is 5.09. The van der Waals surface area contributed by atoms with Crippen molar-refractivity contribution in [2.45, 2.75) is 32.2 Å². The molecule has 3 aromatic rings. The van der Waals surface area contributed by atoms with Gasteiger partial charge in [-0.3, -0.25) is 9.20 Å². The molecule has 1 amide bonds. The first-order valence-corrected chi connectivity index (χ1v) is 8.94. The number of hydrogen-bond donors (Lipinski definition) is 1. The van der Waals surface area contributed by atoms with Gasteiger partial charge in [0.05, 0.1) is 18.3 Å². The van der Waals surface area contributed by atoms with Gasteiger partial charge < -0.3 is 10.6 Å². The Hall–Kier alpha value is -3.17. The average Bonchev–Trinajstić information content (AvgIpc) is 3.11. The number of imidazole rings is 1. The molecule has 146 valence electrons. The summed E-state index contributed by atoms with van der Waals surface area (Å²) in [7, 11) is 0. The van der Waals surface area contributed by atoms with Crippen molar-refractivity contribution in [3.63, 3.8) is 0 Å². The van der Waals surface area contributed by atoms with E-state index in [1.165, 1.54) is 23.0 Å². The van der Waals surface area contributed by atoms with Crippen molar-refractivity contribution in [1.29, 1.82) is 0 Å². The largest absolute Gasteiger partial charge is 0.369 e. The molecule has 0 radical (unpaired) electrons. The van der Waals surface area contributed by atoms with E-state index in [0.717, 1.165) is 12.8 Å². The van der Waals surface area contributed by atoms with E-state index in [9.17, 15) is 13.6 Å². The number of hydrogen-bond acceptors (Lipinski definition) is 6. The van der Waals surface area contributed by atoms with Crippen LogP contribution in [0.2, 0.25) is 0 Å². The van der Waals surface area contributed by atoms with Crippen molar-refractivity contribution >= 4 is 17.4 Å². The summed E-state index contributed by atoms with van der Waals surface area (Å²) in [5.41, 5.74) is 6.04. The zero-order chi connectivity index (χ0) is 19.8. The Morgan fingerprint density at radius 3 is 2.82 bits per heavy atom. The summed E-state index contributed by atoms with van der Waals surface area (Å²) >= 11 is 0. The highest BCUT2D eigenvalue weighted by atomic mass is 19.3. The molecule has 1 aliphatic rings. The maximum absolute atomic E-state index is 13.0. The maximum atomic E-state index is 13.0. The van der Waals surface area contributed by atoms with Crippen molar-refractivity contribution in [2.24, 2.45) is 11.7 Å². The monoisotopic (exact) mass is 387 g/mol. The topological polar surface area (TPSA) is 102 Å². The molecule has 28 heavy (non-hydrogen) atoms. The second kappa shape index (κ2) is 7.10. The minimum absolute atomic E-state index is 0.190. The van der Waals surface area contributed by atoms with Gasteiger partial charge in [0, 0.05) is 25.0 Å². The van der Waals surface area contributed by atoms with Gasteiger partial charge in [-0.25, -0.2) is 28.7 Å². The summed E-state index contributed by atoms with van der Waals surface area (Å²) in [5.74, 6) is 0.455. The van der Waals surface area contributed by atoms with Crippen LogP contribution in [0.1, 0.15) is 31.9 Å². The van der Waals surface area contributed by atoms with Gasteiger partial charge in [-0.05, 0) is 25.8 Å². The first-order valence-electron chi connectivity index (χ1n) is 8.94. The molecule has 0 aliphatic carbocycles. The first kappa shape index (κ1) is 18.2. The van der Waals surface area contributed by atoms with Crippen molar-refractivity contribution < 1.29 is 13.6 Å². The number of nitrogens with zero attached hydrogens (tertiary/aromatic N) is 6. The molecule has 8 nitrogen and oxygen atoms in total. The molecule has 10 heteroatoms. The number of halogens is 2. The lowest BCUT2D eigenvalue weighted by molar-refractivity contribution is -0.122. The molecule has 3 aromatic heterocycles. The Morgan fingerprint density at radius 2 is 2.07 bits per heavy atom. The quantitative estimate of drug-likeness (QED) is 0.736. The molecule has 0 bridgehead atoms. The van der Waals surface area contributed by atoms with Crippen molar-refractivity contribution in [3.05, 3.63) is 36.5 Å². The Morgan fingerprint density at radius 1 is 1.25 bits per heavy atom. The molecule has 1 fully saturated rings. The second-order valence-corrected chi connectivity index (χ2v) is 6.90. The normalized spacial score (nSPS) is 20.1. The predicted octanol–water partition coefficient (Wildman–Crippen LogP) is 2.21. The van der Waals surface area contributed by atoms with Crippen LogP contribution in [-0.4, -0.2) is 42.8 Å². The molecule has 0 aromatic carbocycles. The summed E-state index contributed by atoms with van der Waals surface area (Å²) in [4.78, 5) is 30.4. The highest BCUT2D eigenvalue weighted by molar-refractivity contribution is 5.77. The molecular weight excluding hydrogens is 368 g/mol. The standard InChI is InChI=1S/C18H19F2N7O/c1-10-2-3-11(17(21)28)8-26(10)14-4-5-22-18(25-14)13-6-24-15-7-23-12(16(19)20)9-27(13)15/h4-7,9-11,16H,2-3,8H2,1H3,(H2,21,28). The number of amides is 1. The smallest absolute Gasteiger partial charge is 0.281 e. The van der Waals surface area contributed by atoms with E-state index in [2.05, 4.69) is 26.9 Å². The van der Waals surface area contributed by atoms with Crippen LogP contribution in [-0.2, 0) is 4.79 Å². The van der Waals surface area contributed by atoms with Crippen LogP contribution < -0.4 is 10.6 Å². The van der Waals surface area contributed by atoms with E-state index in [1.54, 1.807) is 12.3 Å². The summed E-state index contributed by atoms with van der Waals surface area (Å²) < 4.78 is 27.5. The number of alkyl halides is 2. The minimum atomic E-state index is -2.69. The fourth-order valence-electron chi connectivity index (χ4n) is 3.47. The number of carbonyl (C=O) groups is 1. The Kier molecular flexibility index (Phi) is 4.62. The molecule has 0 spiro atoms. The third-order valence-corrected chi connectivity index (χ3v) is 5.09. The van der Waals surface area contributed by atoms with E-state index in [-0.39, 0.29) is 23.6 Å². The summed E-state index contributed by atoms with van der Waals surface area (Å²) in [5, 5.41) is 0. The predicted molar refractivity (Wildman–Crippen MR) is 97.7 cm³/mol. The Balaban J connectivity index is 1.72.